The average molecular weight is 240 g/mol. The van der Waals surface area contributed by atoms with Crippen molar-refractivity contribution in [1.82, 2.24) is 0 Å². The molecule has 0 amide bonds. The van der Waals surface area contributed by atoms with Gasteiger partial charge in [-0.3, -0.25) is 0 Å². The largest absolute Gasteiger partial charge is 0.491 e. The summed E-state index contributed by atoms with van der Waals surface area (Å²) in [6.07, 6.45) is 5.69. The van der Waals surface area contributed by atoms with E-state index >= 15 is 0 Å². The second kappa shape index (κ2) is 4.78. The minimum absolute atomic E-state index is 0.512. The molecule has 2 N–H and O–H groups in total. The summed E-state index contributed by atoms with van der Waals surface area (Å²) in [5.74, 6) is 3.23. The molecule has 0 aliphatic rings. The van der Waals surface area contributed by atoms with Gasteiger partial charge in [-0.25, -0.2) is 0 Å². The Hall–Kier alpha value is -1.14. The molecule has 0 spiro atoms. The molecule has 3 heteroatoms. The molecule has 0 heterocycles. The van der Waals surface area contributed by atoms with Gasteiger partial charge in [0.25, 0.3) is 0 Å². The predicted octanol–water partition coefficient (Wildman–Crippen LogP) is 2.43. The molecule has 68 valence electrons. The van der Waals surface area contributed by atoms with Crippen molar-refractivity contribution in [2.75, 3.05) is 12.3 Å². The first kappa shape index (κ1) is 9.94. The first-order valence-electron chi connectivity index (χ1n) is 3.85. The standard InChI is InChI=1S/C10H10BrNO/c1-2-3-6-13-10-7-8(12)4-5-9(10)11/h1,4-5,7H,3,6,12H2. The molecular weight excluding hydrogens is 230 g/mol. The number of hydrogen-bond donors (Lipinski definition) is 1. The third-order valence-electron chi connectivity index (χ3n) is 1.46. The fraction of sp³-hybridized carbons (Fsp3) is 0.200. The quantitative estimate of drug-likeness (QED) is 0.500. The zero-order valence-corrected chi connectivity index (χ0v) is 8.67. The highest BCUT2D eigenvalue weighted by Crippen LogP contribution is 2.26. The van der Waals surface area contributed by atoms with E-state index in [-0.39, 0.29) is 0 Å². The average Bonchev–Trinajstić information content (AvgIpc) is 2.11. The van der Waals surface area contributed by atoms with Crippen LogP contribution in [0.4, 0.5) is 5.69 Å². The normalized spacial score (nSPS) is 9.23. The maximum Gasteiger partial charge on any atom is 0.135 e. The van der Waals surface area contributed by atoms with Crippen LogP contribution in [0.1, 0.15) is 6.42 Å². The van der Waals surface area contributed by atoms with E-state index in [4.69, 9.17) is 16.9 Å². The summed E-state index contributed by atoms with van der Waals surface area (Å²) >= 11 is 3.35. The maximum atomic E-state index is 5.59. The number of nitrogen functional groups attached to an aromatic ring is 1. The molecule has 0 saturated carbocycles. The van der Waals surface area contributed by atoms with Crippen molar-refractivity contribution >= 4 is 21.6 Å². The van der Waals surface area contributed by atoms with Gasteiger partial charge in [-0.2, -0.15) is 0 Å². The van der Waals surface area contributed by atoms with E-state index in [2.05, 4.69) is 21.9 Å². The molecule has 1 aromatic carbocycles. The lowest BCUT2D eigenvalue weighted by Gasteiger charge is -2.06. The first-order valence-corrected chi connectivity index (χ1v) is 4.64. The van der Waals surface area contributed by atoms with Crippen LogP contribution in [0.2, 0.25) is 0 Å². The number of ether oxygens (including phenoxy) is 1. The van der Waals surface area contributed by atoms with E-state index in [0.29, 0.717) is 18.7 Å². The van der Waals surface area contributed by atoms with Crippen LogP contribution < -0.4 is 10.5 Å². The Bertz CT molecular complexity index is 330. The second-order valence-corrected chi connectivity index (χ2v) is 3.35. The SMILES string of the molecule is C#CCCOc1cc(N)ccc1Br. The van der Waals surface area contributed by atoms with Crippen molar-refractivity contribution in [1.29, 1.82) is 0 Å². The van der Waals surface area contributed by atoms with Crippen LogP contribution >= 0.6 is 15.9 Å². The van der Waals surface area contributed by atoms with Crippen molar-refractivity contribution in [3.63, 3.8) is 0 Å². The summed E-state index contributed by atoms with van der Waals surface area (Å²) in [4.78, 5) is 0. The summed E-state index contributed by atoms with van der Waals surface area (Å²) in [7, 11) is 0. The Kier molecular flexibility index (Phi) is 3.66. The van der Waals surface area contributed by atoms with Gasteiger partial charge in [0.2, 0.25) is 0 Å². The molecule has 0 saturated heterocycles. The van der Waals surface area contributed by atoms with Crippen LogP contribution in [0, 0.1) is 12.3 Å². The van der Waals surface area contributed by atoms with Crippen LogP contribution in [0.5, 0.6) is 5.75 Å². The third kappa shape index (κ3) is 3.00. The van der Waals surface area contributed by atoms with Crippen LogP contribution in [0.25, 0.3) is 0 Å². The molecule has 1 rings (SSSR count). The molecule has 0 aliphatic carbocycles. The van der Waals surface area contributed by atoms with E-state index < -0.39 is 0 Å². The molecule has 2 nitrogen and oxygen atoms in total. The Morgan fingerprint density at radius 1 is 1.54 bits per heavy atom. The van der Waals surface area contributed by atoms with E-state index in [1.807, 2.05) is 6.07 Å². The van der Waals surface area contributed by atoms with E-state index in [1.165, 1.54) is 0 Å². The fourth-order valence-electron chi connectivity index (χ4n) is 0.850. The van der Waals surface area contributed by atoms with Crippen LogP contribution in [-0.4, -0.2) is 6.61 Å². The Morgan fingerprint density at radius 2 is 2.31 bits per heavy atom. The van der Waals surface area contributed by atoms with Gasteiger partial charge < -0.3 is 10.5 Å². The smallest absolute Gasteiger partial charge is 0.135 e. The van der Waals surface area contributed by atoms with Crippen LogP contribution in [-0.2, 0) is 0 Å². The molecule has 0 bridgehead atoms. The Labute approximate surface area is 86.2 Å². The summed E-state index contributed by atoms with van der Waals surface area (Å²) in [6, 6.07) is 5.42. The molecular formula is C10H10BrNO. The molecule has 0 unspecified atom stereocenters. The van der Waals surface area contributed by atoms with Gasteiger partial charge in [-0.15, -0.1) is 12.3 Å². The lowest BCUT2D eigenvalue weighted by atomic mass is 10.3. The highest BCUT2D eigenvalue weighted by atomic mass is 79.9. The second-order valence-electron chi connectivity index (χ2n) is 2.49. The number of halogens is 1. The lowest BCUT2D eigenvalue weighted by molar-refractivity contribution is 0.325. The summed E-state index contributed by atoms with van der Waals surface area (Å²) in [5, 5.41) is 0. The lowest BCUT2D eigenvalue weighted by Crippen LogP contribution is -1.97. The van der Waals surface area contributed by atoms with E-state index in [1.54, 1.807) is 12.1 Å². The molecule has 0 atom stereocenters. The maximum absolute atomic E-state index is 5.59. The highest BCUT2D eigenvalue weighted by Gasteiger charge is 2.00. The number of nitrogens with two attached hydrogens (primary N) is 1. The van der Waals surface area contributed by atoms with Crippen molar-refractivity contribution < 1.29 is 4.74 Å². The van der Waals surface area contributed by atoms with Gasteiger partial charge in [0.1, 0.15) is 5.75 Å². The Balaban J connectivity index is 2.65. The molecule has 0 radical (unpaired) electrons. The first-order chi connectivity index (χ1) is 6.24. The number of benzene rings is 1. The van der Waals surface area contributed by atoms with Gasteiger partial charge in [-0.1, -0.05) is 0 Å². The predicted molar refractivity (Wildman–Crippen MR) is 57.5 cm³/mol. The number of rotatable bonds is 3. The summed E-state index contributed by atoms with van der Waals surface area (Å²) < 4.78 is 6.28. The van der Waals surface area contributed by atoms with Crippen LogP contribution in [0.15, 0.2) is 22.7 Å². The topological polar surface area (TPSA) is 35.2 Å². The van der Waals surface area contributed by atoms with Gasteiger partial charge in [0.05, 0.1) is 11.1 Å². The van der Waals surface area contributed by atoms with E-state index in [9.17, 15) is 0 Å². The number of terminal acetylenes is 1. The Morgan fingerprint density at radius 3 is 3.00 bits per heavy atom. The summed E-state index contributed by atoms with van der Waals surface area (Å²) in [6.45, 7) is 0.512. The van der Waals surface area contributed by atoms with Gasteiger partial charge in [0, 0.05) is 18.2 Å². The highest BCUT2D eigenvalue weighted by molar-refractivity contribution is 9.10. The van der Waals surface area contributed by atoms with Gasteiger partial charge >= 0.3 is 0 Å². The minimum Gasteiger partial charge on any atom is -0.491 e. The fourth-order valence-corrected chi connectivity index (χ4v) is 1.21. The monoisotopic (exact) mass is 239 g/mol. The van der Waals surface area contributed by atoms with Crippen molar-refractivity contribution in [3.8, 4) is 18.1 Å². The molecule has 0 aromatic heterocycles. The minimum atomic E-state index is 0.512. The van der Waals surface area contributed by atoms with Crippen molar-refractivity contribution in [3.05, 3.63) is 22.7 Å². The van der Waals surface area contributed by atoms with Gasteiger partial charge in [-0.05, 0) is 28.1 Å². The zero-order chi connectivity index (χ0) is 9.68. The zero-order valence-electron chi connectivity index (χ0n) is 7.09. The van der Waals surface area contributed by atoms with Crippen molar-refractivity contribution in [2.45, 2.75) is 6.42 Å². The number of hydrogen-bond acceptors (Lipinski definition) is 2. The molecule has 13 heavy (non-hydrogen) atoms. The number of anilines is 1. The molecule has 0 aliphatic heterocycles. The van der Waals surface area contributed by atoms with Crippen molar-refractivity contribution in [2.24, 2.45) is 0 Å². The van der Waals surface area contributed by atoms with Gasteiger partial charge in [0.15, 0.2) is 0 Å². The third-order valence-corrected chi connectivity index (χ3v) is 2.11. The summed E-state index contributed by atoms with van der Waals surface area (Å²) in [5.41, 5.74) is 6.27. The van der Waals surface area contributed by atoms with E-state index in [0.717, 1.165) is 10.2 Å². The molecule has 1 aromatic rings. The molecule has 0 fully saturated rings. The van der Waals surface area contributed by atoms with Crippen LogP contribution in [0.3, 0.4) is 0 Å².